The molecule has 0 spiro atoms. The molecule has 104 valence electrons. The lowest BCUT2D eigenvalue weighted by atomic mass is 10.0. The van der Waals surface area contributed by atoms with Crippen molar-refractivity contribution in [2.24, 2.45) is 0 Å². The lowest BCUT2D eigenvalue weighted by Gasteiger charge is -2.27. The molecule has 3 aromatic rings. The normalized spacial score (nSPS) is 16.9. The highest BCUT2D eigenvalue weighted by atomic mass is 19.1. The summed E-state index contributed by atoms with van der Waals surface area (Å²) in [4.78, 5) is 0. The zero-order valence-corrected chi connectivity index (χ0v) is 11.3. The van der Waals surface area contributed by atoms with E-state index in [0.29, 0.717) is 12.3 Å². The second kappa shape index (κ2) is 4.77. The molecule has 1 aliphatic rings. The molecule has 21 heavy (non-hydrogen) atoms. The zero-order valence-electron chi connectivity index (χ0n) is 11.3. The fourth-order valence-corrected chi connectivity index (χ4v) is 2.73. The van der Waals surface area contributed by atoms with Crippen molar-refractivity contribution in [3.05, 3.63) is 72.0 Å². The summed E-state index contributed by atoms with van der Waals surface area (Å²) in [6.07, 6.45) is -0.107. The maximum absolute atomic E-state index is 13.3. The number of rotatable bonds is 1. The van der Waals surface area contributed by atoms with Gasteiger partial charge in [0.2, 0.25) is 0 Å². The Kier molecular flexibility index (Phi) is 2.78. The van der Waals surface area contributed by atoms with Crippen molar-refractivity contribution >= 4 is 16.5 Å². The van der Waals surface area contributed by atoms with Gasteiger partial charge in [-0.15, -0.1) is 0 Å². The monoisotopic (exact) mass is 279 g/mol. The third-order valence-corrected chi connectivity index (χ3v) is 3.84. The van der Waals surface area contributed by atoms with Crippen LogP contribution >= 0.6 is 0 Å². The number of hydrogen-bond donors (Lipinski definition) is 1. The molecule has 0 saturated carbocycles. The van der Waals surface area contributed by atoms with Gasteiger partial charge < -0.3 is 10.1 Å². The average molecular weight is 279 g/mol. The highest BCUT2D eigenvalue weighted by Gasteiger charge is 2.21. The number of nitrogens with one attached hydrogen (secondary N) is 1. The molecule has 0 bridgehead atoms. The predicted octanol–water partition coefficient (Wildman–Crippen LogP) is 4.52. The minimum absolute atomic E-state index is 0.107. The number of hydrogen-bond acceptors (Lipinski definition) is 2. The molecule has 0 aromatic heterocycles. The van der Waals surface area contributed by atoms with Crippen LogP contribution in [0.15, 0.2) is 60.7 Å². The predicted molar refractivity (Wildman–Crippen MR) is 82.2 cm³/mol. The third-order valence-electron chi connectivity index (χ3n) is 3.84. The Bertz CT molecular complexity index is 815. The van der Waals surface area contributed by atoms with Gasteiger partial charge in [0.05, 0.1) is 12.2 Å². The van der Waals surface area contributed by atoms with Gasteiger partial charge in [-0.2, -0.15) is 0 Å². The van der Waals surface area contributed by atoms with Gasteiger partial charge in [0, 0.05) is 6.07 Å². The molecule has 0 fully saturated rings. The van der Waals surface area contributed by atoms with E-state index < -0.39 is 0 Å². The summed E-state index contributed by atoms with van der Waals surface area (Å²) in [5.41, 5.74) is 1.93. The fourth-order valence-electron chi connectivity index (χ4n) is 2.73. The smallest absolute Gasteiger partial charge is 0.146 e. The van der Waals surface area contributed by atoms with Crippen LogP contribution in [0, 0.1) is 5.82 Å². The molecule has 1 aliphatic heterocycles. The summed E-state index contributed by atoms with van der Waals surface area (Å²) in [6, 6.07) is 19.1. The first-order valence-corrected chi connectivity index (χ1v) is 6.98. The van der Waals surface area contributed by atoms with Gasteiger partial charge in [0.25, 0.3) is 0 Å². The Morgan fingerprint density at radius 3 is 2.71 bits per heavy atom. The molecular formula is C18H14FNO. The first-order valence-electron chi connectivity index (χ1n) is 6.98. The van der Waals surface area contributed by atoms with E-state index in [1.54, 1.807) is 6.07 Å². The second-order valence-corrected chi connectivity index (χ2v) is 5.23. The van der Waals surface area contributed by atoms with Crippen LogP contribution < -0.4 is 10.1 Å². The average Bonchev–Trinajstić information content (AvgIpc) is 2.53. The summed E-state index contributed by atoms with van der Waals surface area (Å²) >= 11 is 0. The van der Waals surface area contributed by atoms with E-state index in [4.69, 9.17) is 4.74 Å². The standard InChI is InChI=1S/C18H14FNO/c19-15-7-8-16-17(10-15)21-18(11-20-16)14-6-5-12-3-1-2-4-13(12)9-14/h1-10,18,20H,11H2. The highest BCUT2D eigenvalue weighted by Crippen LogP contribution is 2.35. The van der Waals surface area contributed by atoms with E-state index in [0.717, 1.165) is 11.3 Å². The largest absolute Gasteiger partial charge is 0.482 e. The van der Waals surface area contributed by atoms with Crippen molar-refractivity contribution < 1.29 is 9.13 Å². The van der Waals surface area contributed by atoms with E-state index in [1.165, 1.54) is 22.9 Å². The van der Waals surface area contributed by atoms with Gasteiger partial charge >= 0.3 is 0 Å². The molecular weight excluding hydrogens is 265 g/mol. The summed E-state index contributed by atoms with van der Waals surface area (Å²) in [5.74, 6) is 0.286. The highest BCUT2D eigenvalue weighted by molar-refractivity contribution is 5.83. The van der Waals surface area contributed by atoms with E-state index in [1.807, 2.05) is 12.1 Å². The molecule has 0 saturated heterocycles. The molecule has 0 radical (unpaired) electrons. The van der Waals surface area contributed by atoms with Crippen LogP contribution in [0.5, 0.6) is 5.75 Å². The Morgan fingerprint density at radius 1 is 0.952 bits per heavy atom. The molecule has 1 atom stereocenters. The lowest BCUT2D eigenvalue weighted by Crippen LogP contribution is -2.23. The minimum atomic E-state index is -0.283. The van der Waals surface area contributed by atoms with Gasteiger partial charge in [-0.05, 0) is 34.5 Å². The van der Waals surface area contributed by atoms with Crippen LogP contribution in [0.1, 0.15) is 11.7 Å². The Labute approximate surface area is 122 Å². The number of halogens is 1. The van der Waals surface area contributed by atoms with E-state index in [9.17, 15) is 4.39 Å². The van der Waals surface area contributed by atoms with E-state index in [-0.39, 0.29) is 11.9 Å². The lowest BCUT2D eigenvalue weighted by molar-refractivity contribution is 0.209. The van der Waals surface area contributed by atoms with E-state index in [2.05, 4.69) is 35.6 Å². The number of fused-ring (bicyclic) bond motifs is 2. The number of benzene rings is 3. The van der Waals surface area contributed by atoms with Gasteiger partial charge in [-0.1, -0.05) is 36.4 Å². The minimum Gasteiger partial charge on any atom is -0.482 e. The van der Waals surface area contributed by atoms with Crippen molar-refractivity contribution in [2.75, 3.05) is 11.9 Å². The van der Waals surface area contributed by atoms with Crippen molar-refractivity contribution in [3.8, 4) is 5.75 Å². The van der Waals surface area contributed by atoms with Crippen molar-refractivity contribution in [3.63, 3.8) is 0 Å². The topological polar surface area (TPSA) is 21.3 Å². The maximum atomic E-state index is 13.3. The molecule has 0 aliphatic carbocycles. The molecule has 0 amide bonds. The molecule has 2 nitrogen and oxygen atoms in total. The molecule has 1 N–H and O–H groups in total. The SMILES string of the molecule is Fc1ccc2c(c1)OC(c1ccc3ccccc3c1)CN2. The molecule has 1 unspecified atom stereocenters. The van der Waals surface area contributed by atoms with Crippen LogP contribution in [0.25, 0.3) is 10.8 Å². The van der Waals surface area contributed by atoms with Gasteiger partial charge in [0.15, 0.2) is 0 Å². The second-order valence-electron chi connectivity index (χ2n) is 5.23. The molecule has 3 aromatic carbocycles. The first-order chi connectivity index (χ1) is 10.3. The Hall–Kier alpha value is -2.55. The van der Waals surface area contributed by atoms with Gasteiger partial charge in [0.1, 0.15) is 17.7 Å². The summed E-state index contributed by atoms with van der Waals surface area (Å²) < 4.78 is 19.3. The molecule has 3 heteroatoms. The van der Waals surface area contributed by atoms with Gasteiger partial charge in [-0.3, -0.25) is 0 Å². The molecule has 1 heterocycles. The van der Waals surface area contributed by atoms with Gasteiger partial charge in [-0.25, -0.2) is 4.39 Å². The zero-order chi connectivity index (χ0) is 14.2. The fraction of sp³-hybridized carbons (Fsp3) is 0.111. The summed E-state index contributed by atoms with van der Waals surface area (Å²) in [6.45, 7) is 0.678. The number of anilines is 1. The Balaban J connectivity index is 1.70. The van der Waals surface area contributed by atoms with Crippen molar-refractivity contribution in [2.45, 2.75) is 6.10 Å². The van der Waals surface area contributed by atoms with Crippen LogP contribution in [0.4, 0.5) is 10.1 Å². The number of ether oxygens (including phenoxy) is 1. The quantitative estimate of drug-likeness (QED) is 0.707. The van der Waals surface area contributed by atoms with Crippen LogP contribution in [0.3, 0.4) is 0 Å². The third kappa shape index (κ3) is 2.21. The summed E-state index contributed by atoms with van der Waals surface area (Å²) in [5, 5.41) is 5.68. The first kappa shape index (κ1) is 12.2. The molecule has 4 rings (SSSR count). The van der Waals surface area contributed by atoms with E-state index >= 15 is 0 Å². The summed E-state index contributed by atoms with van der Waals surface area (Å²) in [7, 11) is 0. The van der Waals surface area contributed by atoms with Crippen LogP contribution in [0.2, 0.25) is 0 Å². The van der Waals surface area contributed by atoms with Crippen LogP contribution in [-0.4, -0.2) is 6.54 Å². The van der Waals surface area contributed by atoms with Crippen molar-refractivity contribution in [1.82, 2.24) is 0 Å². The van der Waals surface area contributed by atoms with Crippen LogP contribution in [-0.2, 0) is 0 Å². The Morgan fingerprint density at radius 2 is 1.81 bits per heavy atom. The van der Waals surface area contributed by atoms with Crippen molar-refractivity contribution in [1.29, 1.82) is 0 Å². The maximum Gasteiger partial charge on any atom is 0.146 e.